The molecule has 0 saturated heterocycles. The Morgan fingerprint density at radius 1 is 0.950 bits per heavy atom. The van der Waals surface area contributed by atoms with E-state index in [-0.39, 0.29) is 46.3 Å². The van der Waals surface area contributed by atoms with Crippen LogP contribution >= 0.6 is 0 Å². The lowest BCUT2D eigenvalue weighted by atomic mass is 9.33. The number of rotatable bonds is 7. The fourth-order valence-electron chi connectivity index (χ4n) is 10.9. The highest BCUT2D eigenvalue weighted by atomic mass is 16.5. The molecule has 1 N–H and O–H groups in total. The summed E-state index contributed by atoms with van der Waals surface area (Å²) in [7, 11) is 0. The minimum atomic E-state index is -0.863. The molecule has 0 aromatic rings. The van der Waals surface area contributed by atoms with Crippen LogP contribution in [-0.4, -0.2) is 47.4 Å². The molecule has 7 heteroatoms. The van der Waals surface area contributed by atoms with E-state index in [9.17, 15) is 24.3 Å². The second-order valence-corrected chi connectivity index (χ2v) is 14.9. The first-order chi connectivity index (χ1) is 18.6. The van der Waals surface area contributed by atoms with E-state index < -0.39 is 41.5 Å². The summed E-state index contributed by atoms with van der Waals surface area (Å²) >= 11 is 0. The Morgan fingerprint density at radius 3 is 2.15 bits per heavy atom. The second kappa shape index (κ2) is 10.8. The van der Waals surface area contributed by atoms with Crippen LogP contribution in [0.2, 0.25) is 0 Å². The van der Waals surface area contributed by atoms with E-state index >= 15 is 0 Å². The quantitative estimate of drug-likeness (QED) is 0.315. The van der Waals surface area contributed by atoms with E-state index in [0.717, 1.165) is 32.0 Å². The predicted molar refractivity (Wildman–Crippen MR) is 151 cm³/mol. The molecule has 4 aliphatic rings. The lowest BCUT2D eigenvalue weighted by Crippen LogP contribution is -2.70. The van der Waals surface area contributed by atoms with Crippen LogP contribution in [0.15, 0.2) is 0 Å². The number of aliphatic hydroxyl groups is 1. The molecule has 0 spiro atoms. The van der Waals surface area contributed by atoms with E-state index in [4.69, 9.17) is 9.47 Å². The summed E-state index contributed by atoms with van der Waals surface area (Å²) in [5, 5.41) is 9.80. The molecule has 0 aromatic carbocycles. The van der Waals surface area contributed by atoms with Gasteiger partial charge < -0.3 is 19.4 Å². The van der Waals surface area contributed by atoms with Crippen LogP contribution in [0.3, 0.4) is 0 Å². The van der Waals surface area contributed by atoms with Crippen LogP contribution in [0.1, 0.15) is 113 Å². The van der Waals surface area contributed by atoms with Crippen molar-refractivity contribution < 1.29 is 33.8 Å². The molecule has 12 atom stereocenters. The maximum absolute atomic E-state index is 13.1. The molecule has 0 aliphatic heterocycles. The van der Waals surface area contributed by atoms with Crippen LogP contribution in [0, 0.1) is 51.2 Å². The summed E-state index contributed by atoms with van der Waals surface area (Å²) in [5.41, 5.74) is -0.625. The number of hydrogen-bond donors (Lipinski definition) is 1. The number of carbonyl (C=O) groups is 4. The molecule has 40 heavy (non-hydrogen) atoms. The van der Waals surface area contributed by atoms with Crippen molar-refractivity contribution in [2.45, 2.75) is 131 Å². The highest BCUT2D eigenvalue weighted by Gasteiger charge is 2.71. The van der Waals surface area contributed by atoms with Crippen LogP contribution in [0.25, 0.3) is 0 Å². The Kier molecular flexibility index (Phi) is 8.43. The number of carbonyl (C=O) groups excluding carboxylic acids is 4. The summed E-state index contributed by atoms with van der Waals surface area (Å²) in [6.45, 7) is 16.0. The van der Waals surface area contributed by atoms with Crippen LogP contribution in [-0.2, 0) is 28.7 Å². The van der Waals surface area contributed by atoms with Gasteiger partial charge in [-0.2, -0.15) is 0 Å². The lowest BCUT2D eigenvalue weighted by Gasteiger charge is -2.71. The van der Waals surface area contributed by atoms with Gasteiger partial charge in [0.25, 0.3) is 0 Å². The fourth-order valence-corrected chi connectivity index (χ4v) is 10.9. The molecule has 0 aromatic heterocycles. The smallest absolute Gasteiger partial charge is 0.308 e. The van der Waals surface area contributed by atoms with Crippen LogP contribution in [0.4, 0.5) is 0 Å². The van der Waals surface area contributed by atoms with Crippen molar-refractivity contribution in [3.8, 4) is 0 Å². The van der Waals surface area contributed by atoms with Crippen molar-refractivity contribution in [3.05, 3.63) is 0 Å². The van der Waals surface area contributed by atoms with Gasteiger partial charge in [-0.3, -0.25) is 14.4 Å². The molecule has 4 fully saturated rings. The molecule has 4 rings (SSSR count). The first-order valence-corrected chi connectivity index (χ1v) is 15.6. The third-order valence-corrected chi connectivity index (χ3v) is 12.8. The zero-order chi connectivity index (χ0) is 29.8. The molecular formula is C33H52O7. The standard InChI is InChI=1S/C33H52O7/c1-9-30(5)12-10-13-31(6)24(30)11-14-32(7)25(31)17-27(39-21(4)37)33(8)22(18-34)29(20(3)36)23(16-26(32)33)40-28(38)15-19(2)35/h18-19,22-27,29,35H,9-17H2,1-8H3/t19-,22+,23+,24+,25-,26+,27+,29+,30+,31+,32-,33-/m1/s1. The summed E-state index contributed by atoms with van der Waals surface area (Å²) in [5.74, 6) is -1.98. The Balaban J connectivity index is 1.85. The Hall–Kier alpha value is -1.76. The molecule has 0 radical (unpaired) electrons. The predicted octanol–water partition coefficient (Wildman–Crippen LogP) is 5.69. The maximum atomic E-state index is 13.1. The van der Waals surface area contributed by atoms with E-state index in [1.165, 1.54) is 33.6 Å². The van der Waals surface area contributed by atoms with Gasteiger partial charge in [0.2, 0.25) is 0 Å². The van der Waals surface area contributed by atoms with Crippen molar-refractivity contribution in [1.82, 2.24) is 0 Å². The molecule has 0 heterocycles. The van der Waals surface area contributed by atoms with Gasteiger partial charge in [0, 0.05) is 18.3 Å². The van der Waals surface area contributed by atoms with Crippen LogP contribution < -0.4 is 0 Å². The molecule has 4 aliphatic carbocycles. The van der Waals surface area contributed by atoms with E-state index in [1.807, 2.05) is 6.92 Å². The molecule has 226 valence electrons. The molecular weight excluding hydrogens is 508 g/mol. The topological polar surface area (TPSA) is 107 Å². The summed E-state index contributed by atoms with van der Waals surface area (Å²) in [4.78, 5) is 51.4. The number of esters is 2. The van der Waals surface area contributed by atoms with E-state index in [2.05, 4.69) is 27.7 Å². The van der Waals surface area contributed by atoms with Crippen LogP contribution in [0.5, 0.6) is 0 Å². The average molecular weight is 561 g/mol. The maximum Gasteiger partial charge on any atom is 0.308 e. The van der Waals surface area contributed by atoms with Gasteiger partial charge in [-0.05, 0) is 86.4 Å². The third-order valence-electron chi connectivity index (χ3n) is 12.8. The normalized spacial score (nSPS) is 47.1. The van der Waals surface area contributed by atoms with Crippen molar-refractivity contribution in [2.75, 3.05) is 0 Å². The number of hydrogen-bond acceptors (Lipinski definition) is 7. The summed E-state index contributed by atoms with van der Waals surface area (Å²) in [6, 6.07) is 0. The zero-order valence-corrected chi connectivity index (χ0v) is 26.0. The number of ketones is 1. The highest BCUT2D eigenvalue weighted by Crippen LogP contribution is 2.74. The van der Waals surface area contributed by atoms with Crippen molar-refractivity contribution in [3.63, 3.8) is 0 Å². The minimum Gasteiger partial charge on any atom is -0.462 e. The molecule has 0 amide bonds. The van der Waals surface area contributed by atoms with Gasteiger partial charge in [-0.1, -0.05) is 47.5 Å². The number of fused-ring (bicyclic) bond motifs is 5. The molecule has 0 bridgehead atoms. The van der Waals surface area contributed by atoms with Gasteiger partial charge in [0.1, 0.15) is 24.3 Å². The number of Topliss-reactive ketones (excluding diaryl/α,β-unsaturated/α-hetero) is 1. The minimum absolute atomic E-state index is 0.0579. The van der Waals surface area contributed by atoms with Gasteiger partial charge in [-0.25, -0.2) is 0 Å². The van der Waals surface area contributed by atoms with Crippen molar-refractivity contribution in [1.29, 1.82) is 0 Å². The third kappa shape index (κ3) is 4.76. The van der Waals surface area contributed by atoms with Crippen molar-refractivity contribution in [2.24, 2.45) is 51.2 Å². The first-order valence-electron chi connectivity index (χ1n) is 15.6. The summed E-state index contributed by atoms with van der Waals surface area (Å²) in [6.07, 6.45) is 6.44. The highest BCUT2D eigenvalue weighted by molar-refractivity contribution is 5.83. The molecule has 4 saturated carbocycles. The van der Waals surface area contributed by atoms with Gasteiger partial charge in [0.05, 0.1) is 18.4 Å². The van der Waals surface area contributed by atoms with Crippen molar-refractivity contribution >= 4 is 24.0 Å². The zero-order valence-electron chi connectivity index (χ0n) is 26.0. The van der Waals surface area contributed by atoms with Gasteiger partial charge in [-0.15, -0.1) is 0 Å². The average Bonchev–Trinajstić information content (AvgIpc) is 2.84. The SMILES string of the molecule is CC[C@@]1(C)CCC[C@]2(C)[C@H]3C[C@H](OC(C)=O)[C@]4(C)[C@@H](C=O)[C@H](C(C)=O)[C@@H](OC(=O)C[C@@H](C)O)C[C@H]4[C@]3(C)CC[C@@H]12. The largest absolute Gasteiger partial charge is 0.462 e. The molecule has 0 unspecified atom stereocenters. The summed E-state index contributed by atoms with van der Waals surface area (Å²) < 4.78 is 12.1. The Morgan fingerprint density at radius 2 is 1.60 bits per heavy atom. The Bertz CT molecular complexity index is 1020. The number of ether oxygens (including phenoxy) is 2. The monoisotopic (exact) mass is 560 g/mol. The number of aldehydes is 1. The number of aliphatic hydroxyl groups excluding tert-OH is 1. The van der Waals surface area contributed by atoms with E-state index in [1.54, 1.807) is 0 Å². The van der Waals surface area contributed by atoms with Gasteiger partial charge >= 0.3 is 11.9 Å². The fraction of sp³-hybridized carbons (Fsp3) is 0.879. The Labute approximate surface area is 240 Å². The van der Waals surface area contributed by atoms with Gasteiger partial charge in [0.15, 0.2) is 0 Å². The lowest BCUT2D eigenvalue weighted by molar-refractivity contribution is -0.264. The molecule has 7 nitrogen and oxygen atoms in total. The first kappa shape index (κ1) is 31.2. The second-order valence-electron chi connectivity index (χ2n) is 14.9. The van der Waals surface area contributed by atoms with E-state index in [0.29, 0.717) is 18.8 Å².